The number of hydrogen-bond acceptors (Lipinski definition) is 4. The fourth-order valence-corrected chi connectivity index (χ4v) is 1.38. The first-order chi connectivity index (χ1) is 6.66. The van der Waals surface area contributed by atoms with Gasteiger partial charge in [0.05, 0.1) is 0 Å². The Morgan fingerprint density at radius 2 is 2.21 bits per heavy atom. The van der Waals surface area contributed by atoms with Gasteiger partial charge < -0.3 is 10.6 Å². The summed E-state index contributed by atoms with van der Waals surface area (Å²) in [5.41, 5.74) is 5.58. The molecule has 0 spiro atoms. The van der Waals surface area contributed by atoms with Crippen molar-refractivity contribution in [3.63, 3.8) is 0 Å². The van der Waals surface area contributed by atoms with Crippen molar-refractivity contribution in [2.75, 3.05) is 24.2 Å². The predicted molar refractivity (Wildman–Crippen MR) is 59.6 cm³/mol. The highest BCUT2D eigenvalue weighted by Gasteiger charge is 2.09. The van der Waals surface area contributed by atoms with Gasteiger partial charge in [-0.3, -0.25) is 0 Å². The third-order valence-corrected chi connectivity index (χ3v) is 2.37. The molecular weight excluding hydrogens is 200 g/mol. The molecule has 1 rings (SSSR count). The standard InChI is InChI=1S/C9H15ClN4/c1-3-4-5-14(2)9-7(10)8(11)12-6-13-9/h6H,3-5H2,1-2H3,(H2,11,12,13). The number of halogens is 1. The summed E-state index contributed by atoms with van der Waals surface area (Å²) in [7, 11) is 1.95. The minimum atomic E-state index is 0.333. The second kappa shape index (κ2) is 5.00. The van der Waals surface area contributed by atoms with Gasteiger partial charge >= 0.3 is 0 Å². The van der Waals surface area contributed by atoms with Gasteiger partial charge in [0.15, 0.2) is 5.82 Å². The van der Waals surface area contributed by atoms with Crippen molar-refractivity contribution in [2.24, 2.45) is 0 Å². The lowest BCUT2D eigenvalue weighted by Crippen LogP contribution is -2.20. The van der Waals surface area contributed by atoms with E-state index in [1.54, 1.807) is 0 Å². The minimum absolute atomic E-state index is 0.333. The number of nitrogens with two attached hydrogens (primary N) is 1. The van der Waals surface area contributed by atoms with E-state index in [0.717, 1.165) is 19.4 Å². The molecule has 14 heavy (non-hydrogen) atoms. The summed E-state index contributed by atoms with van der Waals surface area (Å²) in [6.45, 7) is 3.07. The van der Waals surface area contributed by atoms with Crippen LogP contribution in [0.1, 0.15) is 19.8 Å². The monoisotopic (exact) mass is 214 g/mol. The molecular formula is C9H15ClN4. The van der Waals surface area contributed by atoms with Crippen LogP contribution in [-0.2, 0) is 0 Å². The summed E-state index contributed by atoms with van der Waals surface area (Å²) in [5, 5.41) is 0.436. The van der Waals surface area contributed by atoms with Gasteiger partial charge in [0.1, 0.15) is 17.2 Å². The summed E-state index contributed by atoms with van der Waals surface area (Å²) < 4.78 is 0. The number of unbranched alkanes of at least 4 members (excludes halogenated alkanes) is 1. The largest absolute Gasteiger partial charge is 0.382 e. The lowest BCUT2D eigenvalue weighted by molar-refractivity contribution is 0.758. The number of aromatic nitrogens is 2. The van der Waals surface area contributed by atoms with Crippen LogP contribution in [0.3, 0.4) is 0 Å². The SMILES string of the molecule is CCCCN(C)c1ncnc(N)c1Cl. The molecule has 2 N–H and O–H groups in total. The molecule has 0 unspecified atom stereocenters. The molecule has 0 saturated heterocycles. The number of nitrogens with zero attached hydrogens (tertiary/aromatic N) is 3. The lowest BCUT2D eigenvalue weighted by Gasteiger charge is -2.18. The molecule has 0 aliphatic carbocycles. The average Bonchev–Trinajstić information content (AvgIpc) is 2.18. The molecule has 0 saturated carbocycles. The van der Waals surface area contributed by atoms with Gasteiger partial charge in [-0.25, -0.2) is 9.97 Å². The van der Waals surface area contributed by atoms with E-state index in [0.29, 0.717) is 16.7 Å². The van der Waals surface area contributed by atoms with E-state index in [9.17, 15) is 0 Å². The van der Waals surface area contributed by atoms with E-state index in [1.165, 1.54) is 6.33 Å². The quantitative estimate of drug-likeness (QED) is 0.833. The molecule has 5 heteroatoms. The van der Waals surface area contributed by atoms with Gasteiger partial charge in [-0.2, -0.15) is 0 Å². The van der Waals surface area contributed by atoms with E-state index < -0.39 is 0 Å². The Morgan fingerprint density at radius 1 is 1.50 bits per heavy atom. The van der Waals surface area contributed by atoms with E-state index >= 15 is 0 Å². The van der Waals surface area contributed by atoms with Crippen molar-refractivity contribution in [2.45, 2.75) is 19.8 Å². The van der Waals surface area contributed by atoms with Gasteiger partial charge in [0, 0.05) is 13.6 Å². The Labute approximate surface area is 89.1 Å². The van der Waals surface area contributed by atoms with Crippen molar-refractivity contribution in [1.82, 2.24) is 9.97 Å². The Balaban J connectivity index is 2.79. The van der Waals surface area contributed by atoms with Gasteiger partial charge in [-0.05, 0) is 6.42 Å². The Bertz CT molecular complexity index is 303. The minimum Gasteiger partial charge on any atom is -0.382 e. The van der Waals surface area contributed by atoms with Gasteiger partial charge in [-0.15, -0.1) is 0 Å². The first kappa shape index (κ1) is 11.0. The fourth-order valence-electron chi connectivity index (χ4n) is 1.14. The molecule has 0 atom stereocenters. The topological polar surface area (TPSA) is 55.0 Å². The molecule has 0 amide bonds. The Morgan fingerprint density at radius 3 is 2.86 bits per heavy atom. The van der Waals surface area contributed by atoms with Crippen LogP contribution in [0.4, 0.5) is 11.6 Å². The first-order valence-corrected chi connectivity index (χ1v) is 5.01. The van der Waals surface area contributed by atoms with E-state index in [-0.39, 0.29) is 0 Å². The highest BCUT2D eigenvalue weighted by atomic mass is 35.5. The molecule has 0 aromatic carbocycles. The number of rotatable bonds is 4. The van der Waals surface area contributed by atoms with Crippen LogP contribution in [-0.4, -0.2) is 23.6 Å². The summed E-state index contributed by atoms with van der Waals surface area (Å²) in [6.07, 6.45) is 3.68. The number of nitrogen functional groups attached to an aromatic ring is 1. The van der Waals surface area contributed by atoms with Crippen molar-refractivity contribution in [3.05, 3.63) is 11.3 Å². The van der Waals surface area contributed by atoms with Gasteiger partial charge in [0.2, 0.25) is 0 Å². The summed E-state index contributed by atoms with van der Waals surface area (Å²) in [5.74, 6) is 1.03. The predicted octanol–water partition coefficient (Wildman–Crippen LogP) is 1.95. The first-order valence-electron chi connectivity index (χ1n) is 4.64. The van der Waals surface area contributed by atoms with Crippen molar-refractivity contribution in [1.29, 1.82) is 0 Å². The van der Waals surface area contributed by atoms with E-state index in [4.69, 9.17) is 17.3 Å². The molecule has 0 radical (unpaired) electrons. The second-order valence-corrected chi connectivity index (χ2v) is 3.55. The van der Waals surface area contributed by atoms with Crippen LogP contribution in [0, 0.1) is 0 Å². The van der Waals surface area contributed by atoms with Crippen LogP contribution in [0.25, 0.3) is 0 Å². The van der Waals surface area contributed by atoms with E-state index in [2.05, 4.69) is 16.9 Å². The maximum atomic E-state index is 5.98. The summed E-state index contributed by atoms with van der Waals surface area (Å²) in [6, 6.07) is 0. The lowest BCUT2D eigenvalue weighted by atomic mass is 10.3. The maximum absolute atomic E-state index is 5.98. The van der Waals surface area contributed by atoms with Gasteiger partial charge in [-0.1, -0.05) is 24.9 Å². The van der Waals surface area contributed by atoms with Crippen LogP contribution in [0.15, 0.2) is 6.33 Å². The number of hydrogen-bond donors (Lipinski definition) is 1. The highest BCUT2D eigenvalue weighted by molar-refractivity contribution is 6.35. The molecule has 0 aliphatic rings. The molecule has 78 valence electrons. The molecule has 4 nitrogen and oxygen atoms in total. The molecule has 0 aliphatic heterocycles. The normalized spacial score (nSPS) is 10.2. The van der Waals surface area contributed by atoms with Crippen molar-refractivity contribution >= 4 is 23.2 Å². The molecule has 1 heterocycles. The van der Waals surface area contributed by atoms with Crippen LogP contribution < -0.4 is 10.6 Å². The van der Waals surface area contributed by atoms with Crippen LogP contribution >= 0.6 is 11.6 Å². The van der Waals surface area contributed by atoms with Gasteiger partial charge in [0.25, 0.3) is 0 Å². The number of anilines is 2. The average molecular weight is 215 g/mol. The molecule has 1 aromatic rings. The molecule has 0 fully saturated rings. The van der Waals surface area contributed by atoms with Crippen LogP contribution in [0.2, 0.25) is 5.02 Å². The Kier molecular flexibility index (Phi) is 3.95. The zero-order valence-corrected chi connectivity index (χ0v) is 9.25. The molecule has 0 bridgehead atoms. The van der Waals surface area contributed by atoms with Crippen molar-refractivity contribution in [3.8, 4) is 0 Å². The fraction of sp³-hybridized carbons (Fsp3) is 0.556. The second-order valence-electron chi connectivity index (χ2n) is 3.17. The third kappa shape index (κ3) is 2.48. The maximum Gasteiger partial charge on any atom is 0.152 e. The zero-order chi connectivity index (χ0) is 10.6. The van der Waals surface area contributed by atoms with Crippen molar-refractivity contribution < 1.29 is 0 Å². The summed E-state index contributed by atoms with van der Waals surface area (Å²) >= 11 is 5.98. The highest BCUT2D eigenvalue weighted by Crippen LogP contribution is 2.25. The smallest absolute Gasteiger partial charge is 0.152 e. The van der Waals surface area contributed by atoms with E-state index in [1.807, 2.05) is 11.9 Å². The zero-order valence-electron chi connectivity index (χ0n) is 8.50. The Hall–Kier alpha value is -1.03. The molecule has 1 aromatic heterocycles. The van der Waals surface area contributed by atoms with Crippen LogP contribution in [0.5, 0.6) is 0 Å². The summed E-state index contributed by atoms with van der Waals surface area (Å²) in [4.78, 5) is 9.89. The third-order valence-electron chi connectivity index (χ3n) is 2.01.